The van der Waals surface area contributed by atoms with E-state index in [0.717, 1.165) is 0 Å². The van der Waals surface area contributed by atoms with Gasteiger partial charge in [-0.15, -0.1) is 0 Å². The van der Waals surface area contributed by atoms with Gasteiger partial charge < -0.3 is 71.4 Å². The van der Waals surface area contributed by atoms with Crippen LogP contribution in [0.3, 0.4) is 0 Å². The molecule has 0 aromatic heterocycles. The third-order valence-electron chi connectivity index (χ3n) is 10.1. The molecule has 18 heteroatoms. The summed E-state index contributed by atoms with van der Waals surface area (Å²) in [5, 5.41) is 25.5. The fraction of sp³-hybridized carbons (Fsp3) is 0.500. The second-order valence-electron chi connectivity index (χ2n) is 17.6. The smallest absolute Gasteiger partial charge is 0.345 e. The monoisotopic (exact) mass is 833 g/mol. The molecule has 0 bridgehead atoms. The summed E-state index contributed by atoms with van der Waals surface area (Å²) >= 11 is 0. The number of hydrogen-bond acceptors (Lipinski definition) is 18. The highest BCUT2D eigenvalue weighted by Crippen LogP contribution is 2.71. The zero-order valence-electron chi connectivity index (χ0n) is 35.4. The molecule has 0 atom stereocenters. The van der Waals surface area contributed by atoms with Crippen LogP contribution in [0.2, 0.25) is 0 Å². The lowest BCUT2D eigenvalue weighted by Gasteiger charge is -2.35. The first kappa shape index (κ1) is 39.1. The van der Waals surface area contributed by atoms with Gasteiger partial charge in [-0.05, 0) is 0 Å². The zero-order chi connectivity index (χ0) is 43.7. The van der Waals surface area contributed by atoms with Crippen molar-refractivity contribution in [2.45, 2.75) is 123 Å². The fourth-order valence-electron chi connectivity index (χ4n) is 8.26. The maximum Gasteiger partial charge on any atom is 0.345 e. The Morgan fingerprint density at radius 3 is 0.850 bits per heavy atom. The van der Waals surface area contributed by atoms with Crippen LogP contribution in [0.25, 0.3) is 0 Å². The van der Waals surface area contributed by atoms with Gasteiger partial charge in [-0.2, -0.15) is 5.26 Å². The number of aliphatic hydroxyl groups is 1. The molecule has 6 aliphatic rings. The maximum absolute atomic E-state index is 14.8. The molecule has 6 aliphatic heterocycles. The molecule has 3 aromatic carbocycles. The molecule has 18 nitrogen and oxygen atoms in total. The molecule has 0 amide bonds. The first-order chi connectivity index (χ1) is 27.7. The largest absolute Gasteiger partial charge is 0.465 e. The van der Waals surface area contributed by atoms with Crippen molar-refractivity contribution in [3.8, 4) is 75.1 Å². The number of esters is 2. The number of rotatable bonds is 5. The van der Waals surface area contributed by atoms with Crippen molar-refractivity contribution in [3.05, 3.63) is 33.4 Å². The van der Waals surface area contributed by atoms with Gasteiger partial charge in [-0.1, -0.05) is 0 Å². The lowest BCUT2D eigenvalue weighted by molar-refractivity contribution is -0.0544. The Balaban J connectivity index is 1.56. The van der Waals surface area contributed by atoms with Gasteiger partial charge in [0.25, 0.3) is 0 Å². The molecule has 0 saturated carbocycles. The van der Waals surface area contributed by atoms with E-state index in [0.29, 0.717) is 0 Å². The Kier molecular flexibility index (Phi) is 7.48. The number of nitrogens with zero attached hydrogens (tertiary/aromatic N) is 1. The van der Waals surface area contributed by atoms with E-state index in [9.17, 15) is 20.0 Å². The van der Waals surface area contributed by atoms with E-state index in [1.807, 2.05) is 0 Å². The Bertz CT molecular complexity index is 2310. The molecule has 0 unspecified atom stereocenters. The average molecular weight is 834 g/mol. The third kappa shape index (κ3) is 5.33. The second-order valence-corrected chi connectivity index (χ2v) is 17.6. The third-order valence-corrected chi connectivity index (χ3v) is 10.1. The minimum absolute atomic E-state index is 0.0990. The molecule has 60 heavy (non-hydrogen) atoms. The molecule has 0 spiro atoms. The highest BCUT2D eigenvalue weighted by Gasteiger charge is 2.62. The maximum atomic E-state index is 14.8. The molecule has 0 fully saturated rings. The number of ether oxygens (including phenoxy) is 14. The van der Waals surface area contributed by atoms with Crippen LogP contribution < -0.4 is 56.8 Å². The van der Waals surface area contributed by atoms with Gasteiger partial charge in [0.15, 0.2) is 85.7 Å². The predicted molar refractivity (Wildman–Crippen MR) is 201 cm³/mol. The molecule has 0 radical (unpaired) electrons. The molecule has 318 valence electrons. The van der Waals surface area contributed by atoms with Crippen molar-refractivity contribution < 1.29 is 81.0 Å². The highest BCUT2D eigenvalue weighted by atomic mass is 16.8. The van der Waals surface area contributed by atoms with Gasteiger partial charge in [-0.25, -0.2) is 9.59 Å². The van der Waals surface area contributed by atoms with Crippen LogP contribution in [0.1, 0.15) is 126 Å². The van der Waals surface area contributed by atoms with Crippen LogP contribution in [0.4, 0.5) is 0 Å². The molecule has 6 heterocycles. The Morgan fingerprint density at radius 2 is 0.633 bits per heavy atom. The summed E-state index contributed by atoms with van der Waals surface area (Å²) < 4.78 is 87.9. The zero-order valence-corrected chi connectivity index (χ0v) is 35.4. The van der Waals surface area contributed by atoms with Crippen LogP contribution in [0, 0.1) is 11.3 Å². The Morgan fingerprint density at radius 1 is 0.433 bits per heavy atom. The molecule has 0 saturated heterocycles. The van der Waals surface area contributed by atoms with Gasteiger partial charge >= 0.3 is 11.9 Å². The lowest BCUT2D eigenvalue weighted by Crippen LogP contribution is -2.36. The van der Waals surface area contributed by atoms with E-state index in [1.165, 1.54) is 14.2 Å². The lowest BCUT2D eigenvalue weighted by atomic mass is 9.75. The van der Waals surface area contributed by atoms with Crippen molar-refractivity contribution in [3.63, 3.8) is 0 Å². The van der Waals surface area contributed by atoms with Gasteiger partial charge in [0.2, 0.25) is 34.7 Å². The van der Waals surface area contributed by atoms with Crippen LogP contribution in [0.15, 0.2) is 0 Å². The summed E-state index contributed by atoms with van der Waals surface area (Å²) in [5.74, 6) is -12.8. The molecule has 0 aliphatic carbocycles. The second kappa shape index (κ2) is 11.5. The van der Waals surface area contributed by atoms with E-state index < -0.39 is 52.3 Å². The fourth-order valence-corrected chi connectivity index (χ4v) is 8.26. The summed E-state index contributed by atoms with van der Waals surface area (Å²) in [6.07, 6.45) is 0. The number of nitriles is 1. The predicted octanol–water partition coefficient (Wildman–Crippen LogP) is 6.46. The molecule has 3 aromatic rings. The van der Waals surface area contributed by atoms with Crippen molar-refractivity contribution in [2.24, 2.45) is 0 Å². The van der Waals surface area contributed by atoms with E-state index in [2.05, 4.69) is 6.07 Å². The van der Waals surface area contributed by atoms with E-state index in [4.69, 9.17) is 66.3 Å². The van der Waals surface area contributed by atoms with Gasteiger partial charge in [-0.3, -0.25) is 0 Å². The van der Waals surface area contributed by atoms with Crippen molar-refractivity contribution >= 4 is 11.9 Å². The van der Waals surface area contributed by atoms with Crippen molar-refractivity contribution in [1.82, 2.24) is 0 Å². The number of carbonyl (C=O) groups is 2. The number of carbonyl (C=O) groups excluding carboxylic acids is 2. The minimum Gasteiger partial charge on any atom is -0.465 e. The first-order valence-electron chi connectivity index (χ1n) is 19.0. The number of methoxy groups -OCH3 is 2. The standard InChI is InChI=1S/C42H43NO17/c1-36(2)49-22-16(15-43)23-29(56-37(3,4)50-23)19(28(22)55-36)42(46,20-30-24(51-38(5,6)57-30)17(34(44)47-13)25-31(20)58-39(7,8)52-25)21-32-26(53-40(9,10)59-32)18(35(45)48-14)27-33(21)60-41(11,12)54-27/h46H,1-14H3. The van der Waals surface area contributed by atoms with E-state index >= 15 is 0 Å². The van der Waals surface area contributed by atoms with Crippen LogP contribution in [0.5, 0.6) is 69.0 Å². The minimum atomic E-state index is -2.87. The molecule has 9 rings (SSSR count). The van der Waals surface area contributed by atoms with Crippen LogP contribution in [-0.4, -0.2) is 66.0 Å². The van der Waals surface area contributed by atoms with Crippen LogP contribution >= 0.6 is 0 Å². The van der Waals surface area contributed by atoms with Gasteiger partial charge in [0.05, 0.1) is 30.9 Å². The first-order valence-corrected chi connectivity index (χ1v) is 19.0. The van der Waals surface area contributed by atoms with Crippen molar-refractivity contribution in [2.75, 3.05) is 14.2 Å². The molecular weight excluding hydrogens is 790 g/mol. The normalized spacial score (nSPS) is 20.8. The van der Waals surface area contributed by atoms with Crippen LogP contribution in [-0.2, 0) is 15.1 Å². The number of benzene rings is 3. The Hall–Kier alpha value is -6.35. The van der Waals surface area contributed by atoms with E-state index in [1.54, 1.807) is 83.1 Å². The highest BCUT2D eigenvalue weighted by molar-refractivity contribution is 6.01. The summed E-state index contributed by atoms with van der Waals surface area (Å²) in [6.45, 7) is 19.1. The average Bonchev–Trinajstić information content (AvgIpc) is 3.92. The quantitative estimate of drug-likeness (QED) is 0.216. The Labute approximate surface area is 343 Å². The summed E-state index contributed by atoms with van der Waals surface area (Å²) in [6, 6.07) is 2.15. The number of hydrogen-bond donors (Lipinski definition) is 1. The van der Waals surface area contributed by atoms with Gasteiger partial charge in [0, 0.05) is 83.1 Å². The SMILES string of the molecule is COC(=O)c1c2c(c(C(O)(c3c4c(c(C#N)c5c3OC(C)(C)O5)OC(C)(C)O4)c3c4c(c(C(=O)OC)c5c3OC(C)(C)O5)OC(C)(C)O4)c3c1OC(C)(C)O3)OC(C)(C)O2. The van der Waals surface area contributed by atoms with Crippen molar-refractivity contribution in [1.29, 1.82) is 5.26 Å². The molecular formula is C42H43NO17. The molecule has 1 N–H and O–H groups in total. The van der Waals surface area contributed by atoms with E-state index in [-0.39, 0.29) is 102 Å². The summed E-state index contributed by atoms with van der Waals surface area (Å²) in [4.78, 5) is 27.6. The summed E-state index contributed by atoms with van der Waals surface area (Å²) in [5.41, 5.74) is -4.15. The topological polar surface area (TPSA) is 207 Å². The summed E-state index contributed by atoms with van der Waals surface area (Å²) in [7, 11) is 2.37. The van der Waals surface area contributed by atoms with Gasteiger partial charge in [0.1, 0.15) is 11.6 Å². The number of fused-ring (bicyclic) bond motifs is 6.